The summed E-state index contributed by atoms with van der Waals surface area (Å²) in [6.45, 7) is 1.64. The van der Waals surface area contributed by atoms with Crippen LogP contribution in [0.1, 0.15) is 24.8 Å². The van der Waals surface area contributed by atoms with Crippen molar-refractivity contribution in [3.63, 3.8) is 0 Å². The Morgan fingerprint density at radius 1 is 1.00 bits per heavy atom. The van der Waals surface area contributed by atoms with E-state index in [2.05, 4.69) is 15.8 Å². The molecule has 0 bridgehead atoms. The van der Waals surface area contributed by atoms with E-state index in [0.29, 0.717) is 18.6 Å². The lowest BCUT2D eigenvalue weighted by atomic mass is 10.1. The fourth-order valence-corrected chi connectivity index (χ4v) is 4.23. The number of hydrogen-bond acceptors (Lipinski definition) is 5. The Morgan fingerprint density at radius 2 is 1.77 bits per heavy atom. The molecule has 6 nitrogen and oxygen atoms in total. The summed E-state index contributed by atoms with van der Waals surface area (Å²) in [7, 11) is 0. The predicted molar refractivity (Wildman–Crippen MR) is 123 cm³/mol. The van der Waals surface area contributed by atoms with Crippen LogP contribution in [0.2, 0.25) is 0 Å². The molecule has 7 heteroatoms. The minimum Gasteiger partial charge on any atom is -0.481 e. The van der Waals surface area contributed by atoms with Gasteiger partial charge in [-0.15, -0.1) is 11.3 Å². The summed E-state index contributed by atoms with van der Waals surface area (Å²) in [6, 6.07) is 21.6. The number of carbonyl (C=O) groups is 2. The zero-order chi connectivity index (χ0) is 21.6. The van der Waals surface area contributed by atoms with Gasteiger partial charge in [0.05, 0.1) is 15.2 Å². The van der Waals surface area contributed by atoms with Gasteiger partial charge < -0.3 is 4.74 Å². The highest BCUT2D eigenvalue weighted by Crippen LogP contribution is 2.23. The van der Waals surface area contributed by atoms with E-state index in [-0.39, 0.29) is 5.91 Å². The standard InChI is InChI=1S/C24H23N3O3S/c1-16(30-19-14-13-17-7-2-3-8-18(17)15-19)24(29)27-26-22(28)11-6-12-23-25-20-9-4-5-10-21(20)31-23/h2-5,7-10,13-16H,6,11-12H2,1H3,(H,26,28)(H,27,29). The van der Waals surface area contributed by atoms with Crippen LogP contribution in [0.4, 0.5) is 0 Å². The molecule has 0 saturated carbocycles. The number of thiazole rings is 1. The summed E-state index contributed by atoms with van der Waals surface area (Å²) < 4.78 is 6.86. The van der Waals surface area contributed by atoms with Gasteiger partial charge in [-0.2, -0.15) is 0 Å². The second-order valence-corrected chi connectivity index (χ2v) is 8.35. The summed E-state index contributed by atoms with van der Waals surface area (Å²) in [4.78, 5) is 28.9. The van der Waals surface area contributed by atoms with E-state index in [0.717, 1.165) is 32.4 Å². The van der Waals surface area contributed by atoms with Gasteiger partial charge in [-0.05, 0) is 54.8 Å². The number of ether oxygens (including phenoxy) is 1. The van der Waals surface area contributed by atoms with Crippen LogP contribution in [0.25, 0.3) is 21.0 Å². The van der Waals surface area contributed by atoms with Crippen molar-refractivity contribution in [2.24, 2.45) is 0 Å². The predicted octanol–water partition coefficient (Wildman–Crippen LogP) is 4.39. The quantitative estimate of drug-likeness (QED) is 0.424. The van der Waals surface area contributed by atoms with Crippen LogP contribution in [0, 0.1) is 0 Å². The second kappa shape index (κ2) is 9.57. The summed E-state index contributed by atoms with van der Waals surface area (Å²) in [5.74, 6) is -0.0523. The van der Waals surface area contributed by atoms with E-state index in [1.165, 1.54) is 0 Å². The van der Waals surface area contributed by atoms with Gasteiger partial charge in [0.2, 0.25) is 5.91 Å². The summed E-state index contributed by atoms with van der Waals surface area (Å²) in [5, 5.41) is 3.15. The Balaban J connectivity index is 1.20. The van der Waals surface area contributed by atoms with Crippen molar-refractivity contribution in [1.82, 2.24) is 15.8 Å². The minimum absolute atomic E-state index is 0.243. The zero-order valence-electron chi connectivity index (χ0n) is 17.1. The SMILES string of the molecule is CC(Oc1ccc2ccccc2c1)C(=O)NNC(=O)CCCc1nc2ccccc2s1. The third-order valence-electron chi connectivity index (χ3n) is 4.86. The Labute approximate surface area is 184 Å². The maximum Gasteiger partial charge on any atom is 0.279 e. The van der Waals surface area contributed by atoms with Crippen molar-refractivity contribution in [3.8, 4) is 5.75 Å². The lowest BCUT2D eigenvalue weighted by molar-refractivity contribution is -0.132. The number of nitrogens with zero attached hydrogens (tertiary/aromatic N) is 1. The van der Waals surface area contributed by atoms with Gasteiger partial charge in [0.1, 0.15) is 5.75 Å². The maximum absolute atomic E-state index is 12.3. The fourth-order valence-electron chi connectivity index (χ4n) is 3.22. The molecule has 1 heterocycles. The molecule has 158 valence electrons. The lowest BCUT2D eigenvalue weighted by Gasteiger charge is -2.15. The van der Waals surface area contributed by atoms with Crippen molar-refractivity contribution >= 4 is 44.1 Å². The molecule has 2 N–H and O–H groups in total. The average molecular weight is 434 g/mol. The van der Waals surface area contributed by atoms with Crippen LogP contribution in [0.15, 0.2) is 66.7 Å². The van der Waals surface area contributed by atoms with Crippen LogP contribution in [0.3, 0.4) is 0 Å². The van der Waals surface area contributed by atoms with Crippen molar-refractivity contribution < 1.29 is 14.3 Å². The minimum atomic E-state index is -0.746. The third-order valence-corrected chi connectivity index (χ3v) is 5.96. The monoisotopic (exact) mass is 433 g/mol. The van der Waals surface area contributed by atoms with Crippen LogP contribution in [-0.4, -0.2) is 22.9 Å². The number of fused-ring (bicyclic) bond motifs is 2. The number of hydrazine groups is 1. The molecular weight excluding hydrogens is 410 g/mol. The van der Waals surface area contributed by atoms with Crippen molar-refractivity contribution in [3.05, 3.63) is 71.7 Å². The molecule has 3 aromatic carbocycles. The first-order chi connectivity index (χ1) is 15.1. The number of benzene rings is 3. The van der Waals surface area contributed by atoms with Crippen LogP contribution in [-0.2, 0) is 16.0 Å². The van der Waals surface area contributed by atoms with Gasteiger partial charge in [-0.3, -0.25) is 20.4 Å². The Morgan fingerprint density at radius 3 is 2.61 bits per heavy atom. The van der Waals surface area contributed by atoms with E-state index in [9.17, 15) is 9.59 Å². The third kappa shape index (κ3) is 5.38. The number of amides is 2. The molecule has 0 aliphatic carbocycles. The van der Waals surface area contributed by atoms with Crippen molar-refractivity contribution in [2.45, 2.75) is 32.3 Å². The second-order valence-electron chi connectivity index (χ2n) is 7.24. The highest BCUT2D eigenvalue weighted by Gasteiger charge is 2.15. The first kappa shape index (κ1) is 20.8. The summed E-state index contributed by atoms with van der Waals surface area (Å²) >= 11 is 1.64. The maximum atomic E-state index is 12.3. The van der Waals surface area contributed by atoms with E-state index in [1.54, 1.807) is 18.3 Å². The van der Waals surface area contributed by atoms with Crippen LogP contribution >= 0.6 is 11.3 Å². The van der Waals surface area contributed by atoms with Gasteiger partial charge in [0.25, 0.3) is 5.91 Å². The molecule has 1 atom stereocenters. The van der Waals surface area contributed by atoms with Gasteiger partial charge in [-0.1, -0.05) is 42.5 Å². The van der Waals surface area contributed by atoms with E-state index in [4.69, 9.17) is 4.74 Å². The number of carbonyl (C=O) groups excluding carboxylic acids is 2. The van der Waals surface area contributed by atoms with Crippen molar-refractivity contribution in [1.29, 1.82) is 0 Å². The van der Waals surface area contributed by atoms with E-state index < -0.39 is 12.0 Å². The smallest absolute Gasteiger partial charge is 0.279 e. The number of nitrogens with one attached hydrogen (secondary N) is 2. The topological polar surface area (TPSA) is 80.3 Å². The molecule has 0 aliphatic rings. The fraction of sp³-hybridized carbons (Fsp3) is 0.208. The highest BCUT2D eigenvalue weighted by atomic mass is 32.1. The van der Waals surface area contributed by atoms with Gasteiger partial charge >= 0.3 is 0 Å². The molecule has 4 aromatic rings. The largest absolute Gasteiger partial charge is 0.481 e. The van der Waals surface area contributed by atoms with Crippen LogP contribution < -0.4 is 15.6 Å². The normalized spacial score (nSPS) is 11.9. The number of aromatic nitrogens is 1. The number of para-hydroxylation sites is 1. The molecular formula is C24H23N3O3S. The van der Waals surface area contributed by atoms with E-state index >= 15 is 0 Å². The first-order valence-electron chi connectivity index (χ1n) is 10.2. The molecule has 31 heavy (non-hydrogen) atoms. The van der Waals surface area contributed by atoms with Gasteiger partial charge in [0.15, 0.2) is 6.10 Å². The molecule has 0 radical (unpaired) electrons. The van der Waals surface area contributed by atoms with Gasteiger partial charge in [0, 0.05) is 6.42 Å². The Kier molecular flexibility index (Phi) is 6.43. The highest BCUT2D eigenvalue weighted by molar-refractivity contribution is 7.18. The summed E-state index contributed by atoms with van der Waals surface area (Å²) in [5.41, 5.74) is 5.88. The molecule has 4 rings (SSSR count). The lowest BCUT2D eigenvalue weighted by Crippen LogP contribution is -2.47. The molecule has 1 aromatic heterocycles. The molecule has 0 saturated heterocycles. The first-order valence-corrected chi connectivity index (χ1v) is 11.0. The molecule has 1 unspecified atom stereocenters. The van der Waals surface area contributed by atoms with E-state index in [1.807, 2.05) is 66.7 Å². The Hall–Kier alpha value is -3.45. The average Bonchev–Trinajstić information content (AvgIpc) is 3.20. The molecule has 2 amide bonds. The van der Waals surface area contributed by atoms with Crippen LogP contribution in [0.5, 0.6) is 5.75 Å². The van der Waals surface area contributed by atoms with Crippen molar-refractivity contribution in [2.75, 3.05) is 0 Å². The number of rotatable bonds is 7. The molecule has 0 aliphatic heterocycles. The number of aryl methyl sites for hydroxylation is 1. The number of hydrogen-bond donors (Lipinski definition) is 2. The van der Waals surface area contributed by atoms with Gasteiger partial charge in [-0.25, -0.2) is 4.98 Å². The zero-order valence-corrected chi connectivity index (χ0v) is 17.9. The Bertz CT molecular complexity index is 1190. The molecule has 0 spiro atoms. The molecule has 0 fully saturated rings. The summed E-state index contributed by atoms with van der Waals surface area (Å²) in [6.07, 6.45) is 0.937.